The van der Waals surface area contributed by atoms with Crippen LogP contribution < -0.4 is 20.5 Å². The van der Waals surface area contributed by atoms with Gasteiger partial charge in [-0.1, -0.05) is 19.8 Å². The van der Waals surface area contributed by atoms with Crippen LogP contribution in [0.25, 0.3) is 0 Å². The number of aryl methyl sites for hydroxylation is 1. The fourth-order valence-electron chi connectivity index (χ4n) is 2.51. The van der Waals surface area contributed by atoms with Crippen LogP contribution in [0.15, 0.2) is 22.0 Å². The lowest BCUT2D eigenvalue weighted by Gasteiger charge is -2.11. The van der Waals surface area contributed by atoms with Crippen molar-refractivity contribution in [2.75, 3.05) is 19.1 Å². The highest BCUT2D eigenvalue weighted by Gasteiger charge is 2.22. The highest BCUT2D eigenvalue weighted by Crippen LogP contribution is 2.38. The number of nitro groups is 1. The molecule has 0 aliphatic carbocycles. The van der Waals surface area contributed by atoms with Gasteiger partial charge in [0.15, 0.2) is 5.75 Å². The molecule has 10 heteroatoms. The molecule has 10 nitrogen and oxygen atoms in total. The second-order valence-electron chi connectivity index (χ2n) is 6.38. The number of unbranched alkanes of at least 4 members (excludes halogenated alkanes) is 2. The quantitative estimate of drug-likeness (QED) is 0.269. The van der Waals surface area contributed by atoms with Gasteiger partial charge < -0.3 is 9.47 Å². The van der Waals surface area contributed by atoms with Crippen molar-refractivity contribution >= 4 is 17.9 Å². The number of hydrogen-bond acceptors (Lipinski definition) is 8. The Morgan fingerprint density at radius 1 is 1.34 bits per heavy atom. The number of nitro benzene ring substituents is 1. The first-order chi connectivity index (χ1) is 13.9. The van der Waals surface area contributed by atoms with E-state index in [1.807, 2.05) is 0 Å². The molecule has 0 bridgehead atoms. The first kappa shape index (κ1) is 21.9. The van der Waals surface area contributed by atoms with Gasteiger partial charge in [0.05, 0.1) is 24.9 Å². The van der Waals surface area contributed by atoms with Crippen molar-refractivity contribution in [2.45, 2.75) is 40.0 Å². The molecule has 0 amide bonds. The van der Waals surface area contributed by atoms with Gasteiger partial charge in [0.2, 0.25) is 11.7 Å². The Bertz CT molecular complexity index is 955. The lowest BCUT2D eigenvalue weighted by molar-refractivity contribution is -0.386. The molecule has 1 aromatic carbocycles. The van der Waals surface area contributed by atoms with E-state index in [-0.39, 0.29) is 28.7 Å². The third-order valence-electron chi connectivity index (χ3n) is 4.25. The molecule has 0 unspecified atom stereocenters. The summed E-state index contributed by atoms with van der Waals surface area (Å²) in [5.41, 5.74) is 3.66. The summed E-state index contributed by atoms with van der Waals surface area (Å²) in [6.45, 7) is 5.82. The fourth-order valence-corrected chi connectivity index (χ4v) is 2.51. The van der Waals surface area contributed by atoms with E-state index in [1.165, 1.54) is 19.4 Å². The molecule has 2 aromatic rings. The van der Waals surface area contributed by atoms with E-state index in [0.29, 0.717) is 23.4 Å². The third-order valence-corrected chi connectivity index (χ3v) is 4.25. The van der Waals surface area contributed by atoms with E-state index in [0.717, 1.165) is 19.3 Å². The van der Waals surface area contributed by atoms with Crippen molar-refractivity contribution in [1.29, 1.82) is 0 Å². The van der Waals surface area contributed by atoms with E-state index in [4.69, 9.17) is 9.47 Å². The fraction of sp³-hybridized carbons (Fsp3) is 0.421. The minimum atomic E-state index is -0.523. The maximum atomic E-state index is 11.8. The van der Waals surface area contributed by atoms with Crippen molar-refractivity contribution in [3.05, 3.63) is 49.4 Å². The monoisotopic (exact) mass is 403 g/mol. The number of H-pyrrole nitrogens is 1. The van der Waals surface area contributed by atoms with E-state index in [9.17, 15) is 14.9 Å². The summed E-state index contributed by atoms with van der Waals surface area (Å²) in [4.78, 5) is 29.5. The molecule has 0 saturated heterocycles. The average molecular weight is 403 g/mol. The second kappa shape index (κ2) is 10.2. The van der Waals surface area contributed by atoms with Crippen molar-refractivity contribution in [3.8, 4) is 11.5 Å². The predicted octanol–water partition coefficient (Wildman–Crippen LogP) is 3.32. The van der Waals surface area contributed by atoms with Gasteiger partial charge >= 0.3 is 5.69 Å². The van der Waals surface area contributed by atoms with Crippen molar-refractivity contribution < 1.29 is 14.4 Å². The van der Waals surface area contributed by atoms with Crippen molar-refractivity contribution in [3.63, 3.8) is 0 Å². The normalized spacial score (nSPS) is 10.9. The summed E-state index contributed by atoms with van der Waals surface area (Å²) in [5.74, 6) is 0.514. The third kappa shape index (κ3) is 5.77. The van der Waals surface area contributed by atoms with Crippen LogP contribution >= 0.6 is 0 Å². The number of benzene rings is 1. The number of rotatable bonds is 10. The minimum absolute atomic E-state index is 0.0962. The van der Waals surface area contributed by atoms with Gasteiger partial charge in [-0.25, -0.2) is 10.4 Å². The number of anilines is 1. The van der Waals surface area contributed by atoms with Crippen molar-refractivity contribution in [2.24, 2.45) is 5.10 Å². The summed E-state index contributed by atoms with van der Waals surface area (Å²) in [6, 6.07) is 2.93. The van der Waals surface area contributed by atoms with Crippen LogP contribution in [0.2, 0.25) is 0 Å². The Balaban J connectivity index is 2.24. The standard InChI is InChI=1S/C19H25N5O5/c1-5-6-7-8-29-17-15(24(26)27)9-14(10-16(17)28-4)11-20-23-19-21-13(3)12(2)18(25)22-19/h9-11H,5-8H2,1-4H3,(H2,21,22,23,25)/b20-11-. The molecule has 156 valence electrons. The Morgan fingerprint density at radius 2 is 2.10 bits per heavy atom. The molecule has 2 N–H and O–H groups in total. The van der Waals surface area contributed by atoms with Gasteiger partial charge in [0, 0.05) is 22.9 Å². The smallest absolute Gasteiger partial charge is 0.315 e. The molecule has 0 spiro atoms. The van der Waals surface area contributed by atoms with Gasteiger partial charge in [0.1, 0.15) is 0 Å². The van der Waals surface area contributed by atoms with Crippen LogP contribution in [-0.4, -0.2) is 34.8 Å². The maximum Gasteiger partial charge on any atom is 0.315 e. The van der Waals surface area contributed by atoms with Crippen LogP contribution in [0.4, 0.5) is 11.6 Å². The van der Waals surface area contributed by atoms with Gasteiger partial charge in [0.25, 0.3) is 5.56 Å². The zero-order chi connectivity index (χ0) is 21.4. The topological polar surface area (TPSA) is 132 Å². The molecule has 0 atom stereocenters. The van der Waals surface area contributed by atoms with Gasteiger partial charge in [-0.05, 0) is 26.3 Å². The SMILES string of the molecule is CCCCCOc1c(OC)cc(/C=N\Nc2nc(C)c(C)c(=O)[nH]2)cc1[N+](=O)[O-]. The number of ether oxygens (including phenoxy) is 2. The molecule has 1 aromatic heterocycles. The second-order valence-corrected chi connectivity index (χ2v) is 6.38. The minimum Gasteiger partial charge on any atom is -0.493 e. The summed E-state index contributed by atoms with van der Waals surface area (Å²) < 4.78 is 10.9. The number of nitrogens with one attached hydrogen (secondary N) is 2. The average Bonchev–Trinajstić information content (AvgIpc) is 2.69. The molecular weight excluding hydrogens is 378 g/mol. The lowest BCUT2D eigenvalue weighted by Crippen LogP contribution is -2.15. The first-order valence-corrected chi connectivity index (χ1v) is 9.23. The van der Waals surface area contributed by atoms with Crippen LogP contribution in [0.3, 0.4) is 0 Å². The summed E-state index contributed by atoms with van der Waals surface area (Å²) in [5, 5.41) is 15.5. The molecule has 1 heterocycles. The number of hydrazone groups is 1. The van der Waals surface area contributed by atoms with Gasteiger partial charge in [-0.2, -0.15) is 5.10 Å². The molecule has 0 aliphatic heterocycles. The van der Waals surface area contributed by atoms with Crippen LogP contribution in [-0.2, 0) is 0 Å². The molecule has 0 aliphatic rings. The largest absolute Gasteiger partial charge is 0.493 e. The number of hydrogen-bond donors (Lipinski definition) is 2. The predicted molar refractivity (Wildman–Crippen MR) is 110 cm³/mol. The summed E-state index contributed by atoms with van der Waals surface area (Å²) >= 11 is 0. The van der Waals surface area contributed by atoms with E-state index < -0.39 is 4.92 Å². The molecule has 0 saturated carbocycles. The van der Waals surface area contributed by atoms with Gasteiger partial charge in [-0.15, -0.1) is 0 Å². The van der Waals surface area contributed by atoms with E-state index in [2.05, 4.69) is 27.4 Å². The molecule has 29 heavy (non-hydrogen) atoms. The molecular formula is C19H25N5O5. The summed E-state index contributed by atoms with van der Waals surface area (Å²) in [6.07, 6.45) is 4.16. The number of nitrogens with zero attached hydrogens (tertiary/aromatic N) is 3. The zero-order valence-corrected chi connectivity index (χ0v) is 16.9. The number of aromatic amines is 1. The number of aromatic nitrogens is 2. The van der Waals surface area contributed by atoms with E-state index in [1.54, 1.807) is 19.9 Å². The first-order valence-electron chi connectivity index (χ1n) is 9.23. The molecule has 2 rings (SSSR count). The Kier molecular flexibility index (Phi) is 7.70. The lowest BCUT2D eigenvalue weighted by atomic mass is 10.2. The van der Waals surface area contributed by atoms with Crippen LogP contribution in [0.5, 0.6) is 11.5 Å². The maximum absolute atomic E-state index is 11.8. The highest BCUT2D eigenvalue weighted by atomic mass is 16.6. The highest BCUT2D eigenvalue weighted by molar-refractivity contribution is 5.83. The Morgan fingerprint density at radius 3 is 2.72 bits per heavy atom. The van der Waals surface area contributed by atoms with Gasteiger partial charge in [-0.3, -0.25) is 19.9 Å². The summed E-state index contributed by atoms with van der Waals surface area (Å²) in [7, 11) is 1.42. The van der Waals surface area contributed by atoms with Crippen LogP contribution in [0.1, 0.15) is 43.0 Å². The Hall–Kier alpha value is -3.43. The molecule has 0 radical (unpaired) electrons. The number of methoxy groups -OCH3 is 1. The Labute approximate surface area is 168 Å². The zero-order valence-electron chi connectivity index (χ0n) is 16.9. The van der Waals surface area contributed by atoms with E-state index >= 15 is 0 Å². The van der Waals surface area contributed by atoms with Crippen molar-refractivity contribution in [1.82, 2.24) is 9.97 Å². The molecule has 0 fully saturated rings. The van der Waals surface area contributed by atoms with Crippen LogP contribution in [0, 0.1) is 24.0 Å².